The topological polar surface area (TPSA) is 41.8 Å². The minimum atomic E-state index is -0.143. The summed E-state index contributed by atoms with van der Waals surface area (Å²) in [5, 5.41) is 8.41. The van der Waals surface area contributed by atoms with Crippen LogP contribution in [0.1, 0.15) is 34.0 Å². The minimum absolute atomic E-state index is 0.143. The van der Waals surface area contributed by atoms with Gasteiger partial charge in [-0.25, -0.2) is 0 Å². The van der Waals surface area contributed by atoms with E-state index in [4.69, 9.17) is 0 Å². The van der Waals surface area contributed by atoms with Gasteiger partial charge in [0.15, 0.2) is 0 Å². The first-order chi connectivity index (χ1) is 12.8. The van der Waals surface area contributed by atoms with E-state index in [2.05, 4.69) is 29.3 Å². The lowest BCUT2D eigenvalue weighted by molar-refractivity contribution is 0.106. The molecular weight excluding hydrogens is 320 g/mol. The van der Waals surface area contributed by atoms with Gasteiger partial charge in [0.2, 0.25) is 5.78 Å². The number of carbonyl (C=O) groups excluding carboxylic acids is 1. The zero-order chi connectivity index (χ0) is 18.2. The maximum absolute atomic E-state index is 12.9. The number of aryl methyl sites for hydroxylation is 1. The SMILES string of the molecule is CCc1ccc(/C=N\N=C(\C(=O)c2ccccc2)c2ccccc2)cc1. The Labute approximate surface area is 153 Å². The first-order valence-corrected chi connectivity index (χ1v) is 8.63. The second-order valence-electron chi connectivity index (χ2n) is 5.85. The minimum Gasteiger partial charge on any atom is -0.287 e. The third kappa shape index (κ3) is 4.39. The molecule has 0 N–H and O–H groups in total. The molecule has 0 atom stereocenters. The van der Waals surface area contributed by atoms with E-state index in [0.717, 1.165) is 17.5 Å². The van der Waals surface area contributed by atoms with Crippen LogP contribution in [0.5, 0.6) is 0 Å². The Hall–Kier alpha value is -3.33. The molecule has 0 unspecified atom stereocenters. The number of benzene rings is 3. The molecule has 3 heteroatoms. The van der Waals surface area contributed by atoms with Crippen molar-refractivity contribution in [2.24, 2.45) is 10.2 Å². The molecule has 0 spiro atoms. The van der Waals surface area contributed by atoms with Gasteiger partial charge in [0, 0.05) is 11.1 Å². The van der Waals surface area contributed by atoms with Gasteiger partial charge in [-0.05, 0) is 17.5 Å². The van der Waals surface area contributed by atoms with Crippen LogP contribution in [0.2, 0.25) is 0 Å². The average Bonchev–Trinajstić information content (AvgIpc) is 2.72. The molecule has 0 saturated carbocycles. The van der Waals surface area contributed by atoms with E-state index >= 15 is 0 Å². The van der Waals surface area contributed by atoms with Crippen molar-refractivity contribution in [3.8, 4) is 0 Å². The molecular formula is C23H20N2O. The van der Waals surface area contributed by atoms with Gasteiger partial charge in [-0.1, -0.05) is 91.9 Å². The Morgan fingerprint density at radius 2 is 1.38 bits per heavy atom. The van der Waals surface area contributed by atoms with Crippen LogP contribution in [-0.2, 0) is 6.42 Å². The average molecular weight is 340 g/mol. The monoisotopic (exact) mass is 340 g/mol. The molecule has 0 fully saturated rings. The lowest BCUT2D eigenvalue weighted by Gasteiger charge is -2.04. The van der Waals surface area contributed by atoms with Crippen molar-refractivity contribution in [2.75, 3.05) is 0 Å². The standard InChI is InChI=1S/C23H20N2O/c1-2-18-13-15-19(16-14-18)17-24-25-22(20-9-5-3-6-10-20)23(26)21-11-7-4-8-12-21/h3-17H,2H2,1H3/b24-17-,25-22+. The van der Waals surface area contributed by atoms with Gasteiger partial charge >= 0.3 is 0 Å². The van der Waals surface area contributed by atoms with Gasteiger partial charge in [-0.2, -0.15) is 5.10 Å². The number of Topliss-reactive ketones (excluding diaryl/α,β-unsaturated/α-hetero) is 1. The van der Waals surface area contributed by atoms with Gasteiger partial charge in [0.05, 0.1) is 6.21 Å². The highest BCUT2D eigenvalue weighted by Gasteiger charge is 2.15. The fourth-order valence-corrected chi connectivity index (χ4v) is 2.55. The van der Waals surface area contributed by atoms with Crippen molar-refractivity contribution in [3.63, 3.8) is 0 Å². The molecule has 0 aliphatic rings. The maximum atomic E-state index is 12.9. The van der Waals surface area contributed by atoms with Crippen LogP contribution in [0.25, 0.3) is 0 Å². The highest BCUT2D eigenvalue weighted by Crippen LogP contribution is 2.10. The van der Waals surface area contributed by atoms with Crippen LogP contribution in [-0.4, -0.2) is 17.7 Å². The molecule has 0 amide bonds. The third-order valence-electron chi connectivity index (χ3n) is 4.05. The van der Waals surface area contributed by atoms with E-state index in [9.17, 15) is 4.79 Å². The van der Waals surface area contributed by atoms with Gasteiger partial charge in [-0.3, -0.25) is 4.79 Å². The molecule has 0 aliphatic carbocycles. The number of carbonyl (C=O) groups is 1. The summed E-state index contributed by atoms with van der Waals surface area (Å²) in [4.78, 5) is 12.9. The van der Waals surface area contributed by atoms with Crippen molar-refractivity contribution in [1.29, 1.82) is 0 Å². The van der Waals surface area contributed by atoms with Crippen LogP contribution in [0.15, 0.2) is 95.1 Å². The number of ketones is 1. The highest BCUT2D eigenvalue weighted by atomic mass is 16.1. The largest absolute Gasteiger partial charge is 0.287 e. The van der Waals surface area contributed by atoms with E-state index in [-0.39, 0.29) is 5.78 Å². The van der Waals surface area contributed by atoms with Gasteiger partial charge in [0.1, 0.15) is 5.71 Å². The summed E-state index contributed by atoms with van der Waals surface area (Å²) < 4.78 is 0. The van der Waals surface area contributed by atoms with E-state index in [0.29, 0.717) is 11.3 Å². The van der Waals surface area contributed by atoms with Gasteiger partial charge < -0.3 is 0 Å². The molecule has 3 rings (SSSR count). The maximum Gasteiger partial charge on any atom is 0.213 e. The summed E-state index contributed by atoms with van der Waals surface area (Å²) >= 11 is 0. The molecule has 3 aromatic carbocycles. The molecule has 0 saturated heterocycles. The molecule has 0 radical (unpaired) electrons. The zero-order valence-corrected chi connectivity index (χ0v) is 14.7. The van der Waals surface area contributed by atoms with Crippen LogP contribution >= 0.6 is 0 Å². The van der Waals surface area contributed by atoms with Crippen LogP contribution in [0.3, 0.4) is 0 Å². The number of hydrogen-bond donors (Lipinski definition) is 0. The van der Waals surface area contributed by atoms with Crippen molar-refractivity contribution in [3.05, 3.63) is 107 Å². The highest BCUT2D eigenvalue weighted by molar-refractivity contribution is 6.51. The Balaban J connectivity index is 1.91. The van der Waals surface area contributed by atoms with Crippen molar-refractivity contribution < 1.29 is 4.79 Å². The molecule has 0 aliphatic heterocycles. The quantitative estimate of drug-likeness (QED) is 0.355. The number of nitrogens with zero attached hydrogens (tertiary/aromatic N) is 2. The first-order valence-electron chi connectivity index (χ1n) is 8.63. The van der Waals surface area contributed by atoms with E-state index in [1.165, 1.54) is 5.56 Å². The predicted molar refractivity (Wildman–Crippen MR) is 107 cm³/mol. The van der Waals surface area contributed by atoms with E-state index < -0.39 is 0 Å². The molecule has 0 aromatic heterocycles. The molecule has 26 heavy (non-hydrogen) atoms. The van der Waals surface area contributed by atoms with Crippen LogP contribution in [0.4, 0.5) is 0 Å². The summed E-state index contributed by atoms with van der Waals surface area (Å²) in [7, 11) is 0. The lowest BCUT2D eigenvalue weighted by Crippen LogP contribution is -2.15. The van der Waals surface area contributed by atoms with Gasteiger partial charge in [-0.15, -0.1) is 5.10 Å². The fraction of sp³-hybridized carbons (Fsp3) is 0.0870. The molecule has 128 valence electrons. The normalized spacial score (nSPS) is 11.7. The molecule has 0 heterocycles. The summed E-state index contributed by atoms with van der Waals surface area (Å²) in [5.74, 6) is -0.143. The first kappa shape index (κ1) is 17.5. The second kappa shape index (κ2) is 8.67. The van der Waals surface area contributed by atoms with E-state index in [1.807, 2.05) is 60.7 Å². The zero-order valence-electron chi connectivity index (χ0n) is 14.7. The molecule has 3 nitrogen and oxygen atoms in total. The summed E-state index contributed by atoms with van der Waals surface area (Å²) in [6.45, 7) is 2.12. The summed E-state index contributed by atoms with van der Waals surface area (Å²) in [6.07, 6.45) is 2.67. The number of rotatable bonds is 6. The van der Waals surface area contributed by atoms with Gasteiger partial charge in [0.25, 0.3) is 0 Å². The van der Waals surface area contributed by atoms with Crippen LogP contribution < -0.4 is 0 Å². The van der Waals surface area contributed by atoms with Crippen molar-refractivity contribution in [1.82, 2.24) is 0 Å². The summed E-state index contributed by atoms with van der Waals surface area (Å²) in [5.41, 5.74) is 3.90. The van der Waals surface area contributed by atoms with Crippen molar-refractivity contribution in [2.45, 2.75) is 13.3 Å². The molecule has 0 bridgehead atoms. The molecule has 3 aromatic rings. The Kier molecular flexibility index (Phi) is 5.84. The van der Waals surface area contributed by atoms with Crippen molar-refractivity contribution >= 4 is 17.7 Å². The lowest BCUT2D eigenvalue weighted by atomic mass is 10.0. The van der Waals surface area contributed by atoms with Crippen LogP contribution in [0, 0.1) is 0 Å². The number of hydrogen-bond acceptors (Lipinski definition) is 3. The second-order valence-corrected chi connectivity index (χ2v) is 5.85. The predicted octanol–water partition coefficient (Wildman–Crippen LogP) is 4.96. The summed E-state index contributed by atoms with van der Waals surface area (Å²) in [6, 6.07) is 26.7. The Morgan fingerprint density at radius 1 is 0.808 bits per heavy atom. The Morgan fingerprint density at radius 3 is 1.96 bits per heavy atom. The van der Waals surface area contributed by atoms with E-state index in [1.54, 1.807) is 18.3 Å². The smallest absolute Gasteiger partial charge is 0.213 e. The third-order valence-corrected chi connectivity index (χ3v) is 4.05. The fourth-order valence-electron chi connectivity index (χ4n) is 2.55. The Bertz CT molecular complexity index is 911.